The minimum Gasteiger partial charge on any atom is -0.455 e. The SMILES string of the molecule is Cc1ccc(NC(=O)NCC2CCCN(Cc3ccccc3Oc3cccnc3)C2)cc1. The third-order valence-corrected chi connectivity index (χ3v) is 5.69. The van der Waals surface area contributed by atoms with Crippen LogP contribution in [-0.2, 0) is 6.54 Å². The fourth-order valence-electron chi connectivity index (χ4n) is 4.02. The van der Waals surface area contributed by atoms with Crippen molar-refractivity contribution in [3.63, 3.8) is 0 Å². The number of nitrogens with one attached hydrogen (secondary N) is 2. The first-order valence-electron chi connectivity index (χ1n) is 11.2. The lowest BCUT2D eigenvalue weighted by atomic mass is 9.97. The lowest BCUT2D eigenvalue weighted by Gasteiger charge is -2.33. The van der Waals surface area contributed by atoms with Crippen LogP contribution in [0.1, 0.15) is 24.0 Å². The highest BCUT2D eigenvalue weighted by atomic mass is 16.5. The Morgan fingerprint density at radius 3 is 2.78 bits per heavy atom. The van der Waals surface area contributed by atoms with Crippen LogP contribution in [0.4, 0.5) is 10.5 Å². The average Bonchev–Trinajstić information content (AvgIpc) is 2.82. The van der Waals surface area contributed by atoms with Crippen molar-refractivity contribution in [3.05, 3.63) is 84.2 Å². The molecule has 1 unspecified atom stereocenters. The summed E-state index contributed by atoms with van der Waals surface area (Å²) in [6, 6.07) is 19.6. The second-order valence-corrected chi connectivity index (χ2v) is 8.34. The molecule has 1 aliphatic rings. The van der Waals surface area contributed by atoms with E-state index in [9.17, 15) is 4.79 Å². The Labute approximate surface area is 189 Å². The minimum atomic E-state index is -0.152. The maximum absolute atomic E-state index is 12.3. The number of benzene rings is 2. The van der Waals surface area contributed by atoms with Gasteiger partial charge < -0.3 is 15.4 Å². The summed E-state index contributed by atoms with van der Waals surface area (Å²) in [4.78, 5) is 18.8. The van der Waals surface area contributed by atoms with Gasteiger partial charge in [0.15, 0.2) is 0 Å². The quantitative estimate of drug-likeness (QED) is 0.540. The maximum Gasteiger partial charge on any atom is 0.319 e. The van der Waals surface area contributed by atoms with E-state index in [4.69, 9.17) is 4.74 Å². The number of para-hydroxylation sites is 1. The van der Waals surface area contributed by atoms with Gasteiger partial charge in [-0.25, -0.2) is 4.79 Å². The van der Waals surface area contributed by atoms with E-state index in [-0.39, 0.29) is 6.03 Å². The Bertz CT molecular complexity index is 1010. The molecule has 3 aromatic rings. The van der Waals surface area contributed by atoms with Gasteiger partial charge in [-0.3, -0.25) is 9.88 Å². The summed E-state index contributed by atoms with van der Waals surface area (Å²) in [5.74, 6) is 2.03. The molecule has 4 rings (SSSR count). The van der Waals surface area contributed by atoms with Crippen LogP contribution in [0.15, 0.2) is 73.1 Å². The number of urea groups is 1. The van der Waals surface area contributed by atoms with E-state index in [2.05, 4.69) is 26.6 Å². The van der Waals surface area contributed by atoms with Crippen molar-refractivity contribution in [1.82, 2.24) is 15.2 Å². The fraction of sp³-hybridized carbons (Fsp3) is 0.308. The average molecular weight is 431 g/mol. The third-order valence-electron chi connectivity index (χ3n) is 5.69. The number of hydrogen-bond donors (Lipinski definition) is 2. The van der Waals surface area contributed by atoms with Gasteiger partial charge in [0.2, 0.25) is 0 Å². The van der Waals surface area contributed by atoms with Gasteiger partial charge in [0, 0.05) is 37.1 Å². The van der Waals surface area contributed by atoms with Gasteiger partial charge >= 0.3 is 6.03 Å². The largest absolute Gasteiger partial charge is 0.455 e. The molecule has 2 N–H and O–H groups in total. The maximum atomic E-state index is 12.3. The minimum absolute atomic E-state index is 0.152. The highest BCUT2D eigenvalue weighted by molar-refractivity contribution is 5.89. The lowest BCUT2D eigenvalue weighted by Crippen LogP contribution is -2.41. The van der Waals surface area contributed by atoms with Crippen LogP contribution in [0.5, 0.6) is 11.5 Å². The molecule has 2 aromatic carbocycles. The predicted molar refractivity (Wildman–Crippen MR) is 127 cm³/mol. The number of carbonyl (C=O) groups excluding carboxylic acids is 1. The molecule has 2 heterocycles. The number of amides is 2. The molecule has 1 fully saturated rings. The summed E-state index contributed by atoms with van der Waals surface area (Å²) < 4.78 is 6.07. The number of nitrogens with zero attached hydrogens (tertiary/aromatic N) is 2. The van der Waals surface area contributed by atoms with E-state index in [0.29, 0.717) is 12.5 Å². The number of ether oxygens (including phenoxy) is 1. The molecule has 0 aliphatic carbocycles. The fourth-order valence-corrected chi connectivity index (χ4v) is 4.02. The van der Waals surface area contributed by atoms with Gasteiger partial charge in [-0.15, -0.1) is 0 Å². The number of rotatable bonds is 7. The van der Waals surface area contributed by atoms with Crippen LogP contribution in [-0.4, -0.2) is 35.5 Å². The number of aryl methyl sites for hydroxylation is 1. The first-order chi connectivity index (χ1) is 15.7. The van der Waals surface area contributed by atoms with E-state index in [1.165, 1.54) is 5.56 Å². The highest BCUT2D eigenvalue weighted by Gasteiger charge is 2.21. The van der Waals surface area contributed by atoms with Gasteiger partial charge in [0.25, 0.3) is 0 Å². The van der Waals surface area contributed by atoms with Gasteiger partial charge in [0.1, 0.15) is 11.5 Å². The van der Waals surface area contributed by atoms with Crippen molar-refractivity contribution in [2.75, 3.05) is 25.0 Å². The van der Waals surface area contributed by atoms with Crippen LogP contribution in [0, 0.1) is 12.8 Å². The Kier molecular flexibility index (Phi) is 7.35. The van der Waals surface area contributed by atoms with Crippen LogP contribution in [0.25, 0.3) is 0 Å². The van der Waals surface area contributed by atoms with Gasteiger partial charge in [-0.05, 0) is 62.6 Å². The van der Waals surface area contributed by atoms with Gasteiger partial charge in [-0.2, -0.15) is 0 Å². The lowest BCUT2D eigenvalue weighted by molar-refractivity contribution is 0.165. The zero-order chi connectivity index (χ0) is 22.2. The molecular weight excluding hydrogens is 400 g/mol. The Hall–Kier alpha value is -3.38. The van der Waals surface area contributed by atoms with E-state index in [1.54, 1.807) is 12.4 Å². The normalized spacial score (nSPS) is 16.3. The molecule has 0 spiro atoms. The predicted octanol–water partition coefficient (Wildman–Crippen LogP) is 5.22. The van der Waals surface area contributed by atoms with Gasteiger partial charge in [-0.1, -0.05) is 35.9 Å². The highest BCUT2D eigenvalue weighted by Crippen LogP contribution is 2.27. The summed E-state index contributed by atoms with van der Waals surface area (Å²) in [7, 11) is 0. The van der Waals surface area contributed by atoms with E-state index in [0.717, 1.165) is 55.2 Å². The first-order valence-corrected chi connectivity index (χ1v) is 11.2. The molecule has 1 aromatic heterocycles. The standard InChI is InChI=1S/C26H30N4O2/c1-20-10-12-23(13-11-20)29-26(31)28-16-21-6-5-15-30(18-21)19-22-7-2-3-9-25(22)32-24-8-4-14-27-17-24/h2-4,7-14,17,21H,5-6,15-16,18-19H2,1H3,(H2,28,29,31). The van der Waals surface area contributed by atoms with Crippen molar-refractivity contribution in [2.45, 2.75) is 26.3 Å². The van der Waals surface area contributed by atoms with Crippen molar-refractivity contribution < 1.29 is 9.53 Å². The van der Waals surface area contributed by atoms with E-state index in [1.807, 2.05) is 61.5 Å². The third kappa shape index (κ3) is 6.31. The Balaban J connectivity index is 1.29. The first kappa shape index (κ1) is 21.8. The number of pyridine rings is 1. The monoisotopic (exact) mass is 430 g/mol. The summed E-state index contributed by atoms with van der Waals surface area (Å²) >= 11 is 0. The number of aromatic nitrogens is 1. The second-order valence-electron chi connectivity index (χ2n) is 8.34. The zero-order valence-corrected chi connectivity index (χ0v) is 18.5. The number of likely N-dealkylation sites (tertiary alicyclic amines) is 1. The molecule has 32 heavy (non-hydrogen) atoms. The molecule has 0 bridgehead atoms. The van der Waals surface area contributed by atoms with Crippen LogP contribution in [0.3, 0.4) is 0 Å². The van der Waals surface area contributed by atoms with Crippen molar-refractivity contribution in [3.8, 4) is 11.5 Å². The summed E-state index contributed by atoms with van der Waals surface area (Å²) in [5, 5.41) is 5.94. The molecule has 6 heteroatoms. The van der Waals surface area contributed by atoms with Crippen LogP contribution < -0.4 is 15.4 Å². The smallest absolute Gasteiger partial charge is 0.319 e. The molecule has 6 nitrogen and oxygen atoms in total. The molecule has 1 atom stereocenters. The molecule has 2 amide bonds. The number of anilines is 1. The molecular formula is C26H30N4O2. The van der Waals surface area contributed by atoms with E-state index < -0.39 is 0 Å². The zero-order valence-electron chi connectivity index (χ0n) is 18.5. The van der Waals surface area contributed by atoms with Crippen molar-refractivity contribution >= 4 is 11.7 Å². The topological polar surface area (TPSA) is 66.5 Å². The Morgan fingerprint density at radius 2 is 1.97 bits per heavy atom. The van der Waals surface area contributed by atoms with Gasteiger partial charge in [0.05, 0.1) is 6.20 Å². The molecule has 1 saturated heterocycles. The van der Waals surface area contributed by atoms with Crippen molar-refractivity contribution in [1.29, 1.82) is 0 Å². The summed E-state index contributed by atoms with van der Waals surface area (Å²) in [6.07, 6.45) is 5.70. The molecule has 166 valence electrons. The van der Waals surface area contributed by atoms with Crippen LogP contribution in [0.2, 0.25) is 0 Å². The van der Waals surface area contributed by atoms with E-state index >= 15 is 0 Å². The molecule has 1 aliphatic heterocycles. The number of piperidine rings is 1. The van der Waals surface area contributed by atoms with Crippen molar-refractivity contribution in [2.24, 2.45) is 5.92 Å². The summed E-state index contributed by atoms with van der Waals surface area (Å²) in [6.45, 7) is 5.52. The summed E-state index contributed by atoms with van der Waals surface area (Å²) in [5.41, 5.74) is 3.14. The molecule has 0 radical (unpaired) electrons. The van der Waals surface area contributed by atoms with Crippen LogP contribution >= 0.6 is 0 Å². The Morgan fingerprint density at radius 1 is 1.12 bits per heavy atom. The molecule has 0 saturated carbocycles. The number of carbonyl (C=O) groups is 1. The number of hydrogen-bond acceptors (Lipinski definition) is 4. The second kappa shape index (κ2) is 10.8.